The molecule has 1 atom stereocenters. The molecule has 0 saturated carbocycles. The molecule has 1 aromatic carbocycles. The molecule has 0 N–H and O–H groups in total. The van der Waals surface area contributed by atoms with Crippen LogP contribution in [0.1, 0.15) is 43.0 Å². The summed E-state index contributed by atoms with van der Waals surface area (Å²) in [5, 5.41) is 3.96. The average molecular weight is 430 g/mol. The lowest BCUT2D eigenvalue weighted by molar-refractivity contribution is -0.146. The van der Waals surface area contributed by atoms with Crippen LogP contribution in [-0.4, -0.2) is 60.5 Å². The fraction of sp³-hybridized carbons (Fsp3) is 0.609. The van der Waals surface area contributed by atoms with E-state index in [2.05, 4.69) is 10.1 Å². The van der Waals surface area contributed by atoms with Gasteiger partial charge in [0.25, 0.3) is 0 Å². The molecule has 1 amide bonds. The maximum Gasteiger partial charge on any atom is 0.227 e. The Bertz CT molecular complexity index is 876. The number of ether oxygens (including phenoxy) is 3. The Morgan fingerprint density at radius 3 is 2.90 bits per heavy atom. The highest BCUT2D eigenvalue weighted by Crippen LogP contribution is 2.38. The van der Waals surface area contributed by atoms with Crippen LogP contribution in [0.25, 0.3) is 0 Å². The maximum atomic E-state index is 12.8. The van der Waals surface area contributed by atoms with E-state index in [1.165, 1.54) is 0 Å². The van der Waals surface area contributed by atoms with Crippen LogP contribution in [0.3, 0.4) is 0 Å². The van der Waals surface area contributed by atoms with Crippen molar-refractivity contribution in [3.8, 4) is 5.75 Å². The summed E-state index contributed by atoms with van der Waals surface area (Å²) < 4.78 is 21.9. The number of nitrogens with zero attached hydrogens (tertiary/aromatic N) is 3. The quantitative estimate of drug-likeness (QED) is 0.669. The second-order valence-electron chi connectivity index (χ2n) is 8.54. The first-order valence-corrected chi connectivity index (χ1v) is 10.9. The first-order chi connectivity index (χ1) is 15.1. The van der Waals surface area contributed by atoms with Gasteiger partial charge in [0.05, 0.1) is 19.1 Å². The van der Waals surface area contributed by atoms with Crippen LogP contribution in [0, 0.1) is 5.92 Å². The molecule has 4 rings (SSSR count). The van der Waals surface area contributed by atoms with Gasteiger partial charge in [-0.05, 0) is 49.3 Å². The lowest BCUT2D eigenvalue weighted by Crippen LogP contribution is -2.51. The minimum absolute atomic E-state index is 0.148. The third-order valence-corrected chi connectivity index (χ3v) is 6.36. The molecule has 2 saturated heterocycles. The smallest absolute Gasteiger partial charge is 0.227 e. The molecule has 31 heavy (non-hydrogen) atoms. The van der Waals surface area contributed by atoms with Gasteiger partial charge in [-0.1, -0.05) is 17.3 Å². The van der Waals surface area contributed by atoms with Crippen LogP contribution < -0.4 is 4.74 Å². The van der Waals surface area contributed by atoms with Crippen LogP contribution in [0.4, 0.5) is 0 Å². The van der Waals surface area contributed by atoms with E-state index < -0.39 is 0 Å². The van der Waals surface area contributed by atoms with Crippen molar-refractivity contribution in [1.29, 1.82) is 0 Å². The van der Waals surface area contributed by atoms with Gasteiger partial charge in [0.1, 0.15) is 12.4 Å². The van der Waals surface area contributed by atoms with Crippen molar-refractivity contribution in [2.45, 2.75) is 50.7 Å². The van der Waals surface area contributed by atoms with E-state index in [9.17, 15) is 4.79 Å². The molecule has 0 bridgehead atoms. The number of hydrogen-bond donors (Lipinski definition) is 0. The van der Waals surface area contributed by atoms with Gasteiger partial charge in [0, 0.05) is 33.2 Å². The summed E-state index contributed by atoms with van der Waals surface area (Å²) in [7, 11) is 3.26. The van der Waals surface area contributed by atoms with Crippen LogP contribution in [0.15, 0.2) is 28.8 Å². The number of amides is 1. The Morgan fingerprint density at radius 1 is 1.29 bits per heavy atom. The van der Waals surface area contributed by atoms with Gasteiger partial charge < -0.3 is 23.6 Å². The van der Waals surface area contributed by atoms with Crippen LogP contribution in [0.5, 0.6) is 5.75 Å². The standard InChI is InChI=1S/C23H31N3O5/c1-28-16-20-24-21(31-25-20)13-18-6-11-30-23(15-18)7-9-26(10-8-23)22(27)14-17-4-3-5-19(12-17)29-2/h3-5,12,18H,6-11,13-16H2,1-2H3. The minimum Gasteiger partial charge on any atom is -0.497 e. The third-order valence-electron chi connectivity index (χ3n) is 6.36. The largest absolute Gasteiger partial charge is 0.497 e. The fourth-order valence-electron chi connectivity index (χ4n) is 4.69. The van der Waals surface area contributed by atoms with E-state index in [4.69, 9.17) is 18.7 Å². The molecule has 1 spiro atoms. The zero-order valence-electron chi connectivity index (χ0n) is 18.3. The predicted molar refractivity (Wildman–Crippen MR) is 113 cm³/mol. The number of carbonyl (C=O) groups is 1. The Balaban J connectivity index is 1.29. The molecule has 0 radical (unpaired) electrons. The van der Waals surface area contributed by atoms with E-state index in [0.29, 0.717) is 30.7 Å². The number of methoxy groups -OCH3 is 2. The van der Waals surface area contributed by atoms with Gasteiger partial charge in [-0.3, -0.25) is 4.79 Å². The van der Waals surface area contributed by atoms with Crippen molar-refractivity contribution >= 4 is 5.91 Å². The van der Waals surface area contributed by atoms with Crippen molar-refractivity contribution in [1.82, 2.24) is 15.0 Å². The molecule has 8 nitrogen and oxygen atoms in total. The summed E-state index contributed by atoms with van der Waals surface area (Å²) in [4.78, 5) is 19.2. The number of likely N-dealkylation sites (tertiary alicyclic amines) is 1. The number of hydrogen-bond acceptors (Lipinski definition) is 7. The number of rotatable bonds is 7. The Hall–Kier alpha value is -2.45. The highest BCUT2D eigenvalue weighted by molar-refractivity contribution is 5.79. The zero-order valence-corrected chi connectivity index (χ0v) is 18.3. The molecular formula is C23H31N3O5. The molecule has 2 aliphatic heterocycles. The normalized spacial score (nSPS) is 20.7. The zero-order chi connectivity index (χ0) is 21.7. The lowest BCUT2D eigenvalue weighted by atomic mass is 9.78. The summed E-state index contributed by atoms with van der Waals surface area (Å²) in [6.07, 6.45) is 4.85. The van der Waals surface area contributed by atoms with E-state index in [0.717, 1.165) is 63.1 Å². The molecule has 3 heterocycles. The molecule has 0 aliphatic carbocycles. The number of aromatic nitrogens is 2. The van der Waals surface area contributed by atoms with Crippen molar-refractivity contribution in [3.63, 3.8) is 0 Å². The van der Waals surface area contributed by atoms with Crippen molar-refractivity contribution in [2.75, 3.05) is 33.9 Å². The van der Waals surface area contributed by atoms with Crippen LogP contribution >= 0.6 is 0 Å². The first kappa shape index (κ1) is 21.8. The van der Waals surface area contributed by atoms with Gasteiger partial charge in [0.2, 0.25) is 11.8 Å². The van der Waals surface area contributed by atoms with Crippen LogP contribution in [-0.2, 0) is 33.7 Å². The van der Waals surface area contributed by atoms with Gasteiger partial charge in [0.15, 0.2) is 5.82 Å². The van der Waals surface area contributed by atoms with Crippen molar-refractivity contribution in [2.24, 2.45) is 5.92 Å². The van der Waals surface area contributed by atoms with E-state index >= 15 is 0 Å². The molecule has 2 aromatic rings. The Labute approximate surface area is 182 Å². The highest BCUT2D eigenvalue weighted by Gasteiger charge is 2.41. The number of piperidine rings is 1. The topological polar surface area (TPSA) is 86.9 Å². The lowest BCUT2D eigenvalue weighted by Gasteiger charge is -2.46. The molecular weight excluding hydrogens is 398 g/mol. The van der Waals surface area contributed by atoms with Crippen molar-refractivity contribution in [3.05, 3.63) is 41.5 Å². The predicted octanol–water partition coefficient (Wildman–Crippen LogP) is 2.80. The van der Waals surface area contributed by atoms with Gasteiger partial charge in [-0.2, -0.15) is 4.98 Å². The summed E-state index contributed by atoms with van der Waals surface area (Å²) in [5.74, 6) is 2.64. The fourth-order valence-corrected chi connectivity index (χ4v) is 4.69. The maximum absolute atomic E-state index is 12.8. The summed E-state index contributed by atoms with van der Waals surface area (Å²) >= 11 is 0. The first-order valence-electron chi connectivity index (χ1n) is 10.9. The molecule has 168 valence electrons. The summed E-state index contributed by atoms with van der Waals surface area (Å²) in [5.41, 5.74) is 0.830. The second-order valence-corrected chi connectivity index (χ2v) is 8.54. The third kappa shape index (κ3) is 5.43. The Kier molecular flexibility index (Phi) is 6.87. The van der Waals surface area contributed by atoms with Gasteiger partial charge in [-0.15, -0.1) is 0 Å². The average Bonchev–Trinajstić information content (AvgIpc) is 3.21. The Morgan fingerprint density at radius 2 is 2.13 bits per heavy atom. The molecule has 2 fully saturated rings. The van der Waals surface area contributed by atoms with Gasteiger partial charge in [-0.25, -0.2) is 0 Å². The molecule has 2 aliphatic rings. The molecule has 8 heteroatoms. The SMILES string of the molecule is COCc1noc(CC2CCOC3(CCN(C(=O)Cc4cccc(OC)c4)CC3)C2)n1. The minimum atomic E-state index is -0.148. The van der Waals surface area contributed by atoms with E-state index in [1.807, 2.05) is 29.2 Å². The van der Waals surface area contributed by atoms with E-state index in [1.54, 1.807) is 14.2 Å². The summed E-state index contributed by atoms with van der Waals surface area (Å²) in [6.45, 7) is 2.56. The monoisotopic (exact) mass is 429 g/mol. The molecule has 1 aromatic heterocycles. The van der Waals surface area contributed by atoms with Gasteiger partial charge >= 0.3 is 0 Å². The number of carbonyl (C=O) groups excluding carboxylic acids is 1. The highest BCUT2D eigenvalue weighted by atomic mass is 16.5. The molecule has 1 unspecified atom stereocenters. The van der Waals surface area contributed by atoms with E-state index in [-0.39, 0.29) is 11.5 Å². The number of benzene rings is 1. The van der Waals surface area contributed by atoms with Crippen molar-refractivity contribution < 1.29 is 23.5 Å². The summed E-state index contributed by atoms with van der Waals surface area (Å²) in [6, 6.07) is 7.70. The second kappa shape index (κ2) is 9.78. The van der Waals surface area contributed by atoms with Crippen LogP contribution in [0.2, 0.25) is 0 Å².